The molecule has 4 aliphatic rings. The maximum atomic E-state index is 12.1. The van der Waals surface area contributed by atoms with Crippen molar-refractivity contribution in [1.82, 2.24) is 0 Å². The Labute approximate surface area is 238 Å². The first-order chi connectivity index (χ1) is 17.9. The number of fused-ring (bicyclic) bond motifs is 5. The second-order valence-corrected chi connectivity index (χ2v) is 21.3. The van der Waals surface area contributed by atoms with E-state index in [1.54, 1.807) is 5.57 Å². The zero-order chi connectivity index (χ0) is 27.3. The van der Waals surface area contributed by atoms with E-state index in [1.165, 1.54) is 54.4 Å². The van der Waals surface area contributed by atoms with E-state index in [-0.39, 0.29) is 5.41 Å². The summed E-state index contributed by atoms with van der Waals surface area (Å²) in [5, 5.41) is 12.1. The van der Waals surface area contributed by atoms with E-state index in [4.69, 9.17) is 4.74 Å². The van der Waals surface area contributed by atoms with Crippen LogP contribution in [0.4, 0.5) is 0 Å². The number of allylic oxidation sites excluding steroid dienone is 1. The van der Waals surface area contributed by atoms with E-state index in [1.807, 2.05) is 18.9 Å². The Bertz CT molecular complexity index is 1060. The number of ether oxygens (including phenoxy) is 1. The first kappa shape index (κ1) is 28.7. The molecule has 0 heterocycles. The molecule has 0 aliphatic heterocycles. The third-order valence-corrected chi connectivity index (χ3v) is 16.3. The van der Waals surface area contributed by atoms with Gasteiger partial charge in [-0.25, -0.2) is 0 Å². The maximum absolute atomic E-state index is 12.1. The summed E-state index contributed by atoms with van der Waals surface area (Å²) in [5.74, 6) is 2.71. The molecule has 0 amide bonds. The number of hydrogen-bond acceptors (Lipinski definition) is 3. The number of benzene rings is 1. The zero-order valence-electron chi connectivity index (χ0n) is 25.1. The molecular weight excluding hydrogens is 501 g/mol. The minimum absolute atomic E-state index is 0.246. The molecular formula is C34H52O2SSi. The molecule has 0 saturated heterocycles. The molecule has 4 aliphatic carbocycles. The van der Waals surface area contributed by atoms with Crippen LogP contribution in [-0.2, 0) is 4.74 Å². The summed E-state index contributed by atoms with van der Waals surface area (Å²) >= 11 is 1.92. The van der Waals surface area contributed by atoms with Crippen molar-refractivity contribution in [2.24, 2.45) is 34.5 Å². The van der Waals surface area contributed by atoms with Crippen molar-refractivity contribution in [1.29, 1.82) is 0 Å². The predicted octanol–water partition coefficient (Wildman–Crippen LogP) is 9.28. The molecule has 1 N–H and O–H groups in total. The van der Waals surface area contributed by atoms with Crippen LogP contribution in [0.25, 0.3) is 0 Å². The maximum Gasteiger partial charge on any atom is 0.0857 e. The van der Waals surface area contributed by atoms with Crippen molar-refractivity contribution < 1.29 is 9.84 Å². The lowest BCUT2D eigenvalue weighted by atomic mass is 9.46. The van der Waals surface area contributed by atoms with Gasteiger partial charge in [0.1, 0.15) is 0 Å². The van der Waals surface area contributed by atoms with E-state index in [2.05, 4.69) is 82.9 Å². The Morgan fingerprint density at radius 2 is 1.82 bits per heavy atom. The van der Waals surface area contributed by atoms with E-state index in [9.17, 15) is 5.11 Å². The lowest BCUT2D eigenvalue weighted by Crippen LogP contribution is -2.53. The lowest BCUT2D eigenvalue weighted by molar-refractivity contribution is -0.101. The molecule has 4 heteroatoms. The van der Waals surface area contributed by atoms with Gasteiger partial charge in [-0.05, 0) is 116 Å². The Kier molecular flexibility index (Phi) is 7.96. The first-order valence-corrected chi connectivity index (χ1v) is 19.6. The number of methoxy groups -OCH3 is 1. The minimum atomic E-state index is -1.52. The van der Waals surface area contributed by atoms with Crippen LogP contribution in [0.15, 0.2) is 57.5 Å². The number of hydrogen-bond donors (Lipinski definition) is 1. The van der Waals surface area contributed by atoms with Gasteiger partial charge in [-0.1, -0.05) is 81.2 Å². The predicted molar refractivity (Wildman–Crippen MR) is 165 cm³/mol. The van der Waals surface area contributed by atoms with Gasteiger partial charge in [0.15, 0.2) is 0 Å². The average molecular weight is 553 g/mol. The van der Waals surface area contributed by atoms with Gasteiger partial charge in [0.05, 0.1) is 19.8 Å². The van der Waals surface area contributed by atoms with E-state index >= 15 is 0 Å². The molecule has 2 nitrogen and oxygen atoms in total. The molecule has 5 rings (SSSR count). The van der Waals surface area contributed by atoms with Gasteiger partial charge in [0, 0.05) is 12.0 Å². The highest BCUT2D eigenvalue weighted by molar-refractivity contribution is 8.05. The summed E-state index contributed by atoms with van der Waals surface area (Å²) < 4.78 is 7.28. The van der Waals surface area contributed by atoms with Crippen LogP contribution in [0.1, 0.15) is 78.6 Å². The summed E-state index contributed by atoms with van der Waals surface area (Å²) in [6.45, 7) is 14.6. The number of rotatable bonds is 7. The molecule has 1 aromatic carbocycles. The minimum Gasteiger partial charge on any atom is -0.390 e. The van der Waals surface area contributed by atoms with Gasteiger partial charge in [-0.2, -0.15) is 0 Å². The topological polar surface area (TPSA) is 29.5 Å². The summed E-state index contributed by atoms with van der Waals surface area (Å²) in [6.07, 6.45) is 16.2. The van der Waals surface area contributed by atoms with Gasteiger partial charge in [-0.15, -0.1) is 0 Å². The van der Waals surface area contributed by atoms with E-state index in [0.29, 0.717) is 17.4 Å². The number of thioether (sulfide) groups is 1. The second-order valence-electron chi connectivity index (χ2n) is 14.8. The molecule has 0 bridgehead atoms. The monoisotopic (exact) mass is 552 g/mol. The summed E-state index contributed by atoms with van der Waals surface area (Å²) in [5.41, 5.74) is 1.65. The zero-order valence-corrected chi connectivity index (χ0v) is 26.9. The fourth-order valence-electron chi connectivity index (χ4n) is 9.41. The largest absolute Gasteiger partial charge is 0.390 e. The standard InChI is InChI=1S/C34H52O2SSi/c1-32-20-17-25(36-4)23-24(32)13-14-27-28-15-16-30(33(28,2)21-18-29(27)32)34(3,35)22-19-31(38(5,6)7)37-26-11-9-8-10-12-26/h8-13,19,25,27-30,35H,14-18,20-23H2,1-7H3/b31-19+/t25-,27-,28-,29-,30-,32-,33-,34-/m0/s1. The van der Waals surface area contributed by atoms with Gasteiger partial charge in [0.25, 0.3) is 0 Å². The van der Waals surface area contributed by atoms with Crippen molar-refractivity contribution >= 4 is 19.8 Å². The highest BCUT2D eigenvalue weighted by Gasteiger charge is 2.61. The SMILES string of the molecule is CO[C@H]1CC[C@@]2(C)C(=CC[C@H]3[C@@H]4CC[C@H]([C@@](C)(O)C/C=C(\Sc5ccccc5)[Si](C)(C)C)[C@@]4(C)CC[C@@H]32)C1. The fourth-order valence-corrected chi connectivity index (χ4v) is 12.4. The summed E-state index contributed by atoms with van der Waals surface area (Å²) in [4.78, 5) is 1.31. The van der Waals surface area contributed by atoms with Crippen LogP contribution in [-0.4, -0.2) is 32.0 Å². The van der Waals surface area contributed by atoms with Gasteiger partial charge < -0.3 is 9.84 Å². The van der Waals surface area contributed by atoms with Crippen LogP contribution in [0.2, 0.25) is 19.6 Å². The molecule has 3 fully saturated rings. The Morgan fingerprint density at radius 1 is 1.08 bits per heavy atom. The van der Waals surface area contributed by atoms with Crippen LogP contribution in [0.5, 0.6) is 0 Å². The Hall–Kier alpha value is -0.813. The highest BCUT2D eigenvalue weighted by Crippen LogP contribution is 2.67. The highest BCUT2D eigenvalue weighted by atomic mass is 32.2. The van der Waals surface area contributed by atoms with Crippen molar-refractivity contribution in [2.75, 3.05) is 7.11 Å². The lowest BCUT2D eigenvalue weighted by Gasteiger charge is -2.59. The van der Waals surface area contributed by atoms with Crippen LogP contribution < -0.4 is 0 Å². The van der Waals surface area contributed by atoms with Crippen molar-refractivity contribution in [3.8, 4) is 0 Å². The quantitative estimate of drug-likeness (QED) is 0.208. The Balaban J connectivity index is 1.35. The van der Waals surface area contributed by atoms with E-state index < -0.39 is 13.7 Å². The third kappa shape index (κ3) is 5.17. The average Bonchev–Trinajstić information content (AvgIpc) is 3.24. The van der Waals surface area contributed by atoms with Crippen molar-refractivity contribution in [2.45, 2.75) is 115 Å². The summed E-state index contributed by atoms with van der Waals surface area (Å²) in [6, 6.07) is 10.8. The summed E-state index contributed by atoms with van der Waals surface area (Å²) in [7, 11) is 0.367. The molecule has 210 valence electrons. The van der Waals surface area contributed by atoms with Crippen LogP contribution in [0.3, 0.4) is 0 Å². The van der Waals surface area contributed by atoms with Crippen molar-refractivity contribution in [3.63, 3.8) is 0 Å². The van der Waals surface area contributed by atoms with E-state index in [0.717, 1.165) is 30.6 Å². The molecule has 8 atom stereocenters. The Morgan fingerprint density at radius 3 is 2.50 bits per heavy atom. The van der Waals surface area contributed by atoms with Crippen LogP contribution in [0, 0.1) is 34.5 Å². The second kappa shape index (κ2) is 10.5. The number of aliphatic hydroxyl groups is 1. The third-order valence-electron chi connectivity index (χ3n) is 11.6. The van der Waals surface area contributed by atoms with Gasteiger partial charge in [-0.3, -0.25) is 0 Å². The fraction of sp³-hybridized carbons (Fsp3) is 0.706. The smallest absolute Gasteiger partial charge is 0.0857 e. The molecule has 0 spiro atoms. The molecule has 0 unspecified atom stereocenters. The molecule has 3 saturated carbocycles. The van der Waals surface area contributed by atoms with Gasteiger partial charge >= 0.3 is 0 Å². The molecule has 1 aromatic rings. The molecule has 0 aromatic heterocycles. The molecule has 0 radical (unpaired) electrons. The molecule has 38 heavy (non-hydrogen) atoms. The van der Waals surface area contributed by atoms with Crippen LogP contribution >= 0.6 is 11.8 Å². The first-order valence-electron chi connectivity index (χ1n) is 15.3. The van der Waals surface area contributed by atoms with Crippen molar-refractivity contribution in [3.05, 3.63) is 52.6 Å². The van der Waals surface area contributed by atoms with Gasteiger partial charge in [0.2, 0.25) is 0 Å². The normalized spacial score (nSPS) is 39.0.